The molecule has 0 spiro atoms. The average molecular weight is 235 g/mol. The fraction of sp³-hybridized carbons (Fsp3) is 0.714. The highest BCUT2D eigenvalue weighted by atomic mass is 32.2. The molecule has 1 aromatic rings. The Balaban J connectivity index is 2.57. The predicted octanol–water partition coefficient (Wildman–Crippen LogP) is -0.822. The van der Waals surface area contributed by atoms with Gasteiger partial charge in [0.05, 0.1) is 18.4 Å². The maximum Gasteiger partial charge on any atom is 0.241 e. The molecule has 1 rings (SSSR count). The van der Waals surface area contributed by atoms with E-state index in [9.17, 15) is 8.42 Å². The summed E-state index contributed by atoms with van der Waals surface area (Å²) in [6, 6.07) is 0. The number of nitrogens with zero attached hydrogens (tertiary/aromatic N) is 2. The first-order chi connectivity index (χ1) is 6.95. The maximum atomic E-state index is 11.4. The largest absolute Gasteiger partial charge is 0.395 e. The number of aliphatic hydroxyl groups is 1. The molecule has 0 radical (unpaired) electrons. The van der Waals surface area contributed by atoms with Crippen molar-refractivity contribution in [1.29, 1.82) is 0 Å². The number of sulfonamides is 1. The van der Waals surface area contributed by atoms with Crippen molar-refractivity contribution in [2.24, 2.45) is 0 Å². The molecule has 1 atom stereocenters. The topological polar surface area (TPSA) is 105 Å². The number of nitrogens with one attached hydrogen (secondary N) is 1. The van der Waals surface area contributed by atoms with Crippen molar-refractivity contribution < 1.29 is 18.0 Å². The molecule has 0 aliphatic heterocycles. The molecule has 0 aliphatic carbocycles. The molecule has 0 fully saturated rings. The smallest absolute Gasteiger partial charge is 0.241 e. The van der Waals surface area contributed by atoms with Crippen LogP contribution in [0.25, 0.3) is 0 Å². The molecular weight excluding hydrogens is 222 g/mol. The van der Waals surface area contributed by atoms with Crippen LogP contribution in [0.4, 0.5) is 0 Å². The number of hydrogen-bond donors (Lipinski definition) is 2. The fourth-order valence-corrected chi connectivity index (χ4v) is 1.62. The summed E-state index contributed by atoms with van der Waals surface area (Å²) >= 11 is 0. The molecule has 1 aromatic heterocycles. The standard InChI is InChI=1S/C7H13N3O4S/c1-5(4-11)15(12,13)8-3-7-9-6(2)10-14-7/h5,8,11H,3-4H2,1-2H3. The molecule has 86 valence electrons. The highest BCUT2D eigenvalue weighted by Crippen LogP contribution is 2.00. The van der Waals surface area contributed by atoms with E-state index in [4.69, 9.17) is 9.63 Å². The van der Waals surface area contributed by atoms with Crippen LogP contribution in [0.15, 0.2) is 4.52 Å². The summed E-state index contributed by atoms with van der Waals surface area (Å²) in [5, 5.41) is 11.4. The molecule has 0 aromatic carbocycles. The lowest BCUT2D eigenvalue weighted by Crippen LogP contribution is -2.34. The van der Waals surface area contributed by atoms with Crippen LogP contribution in [0.3, 0.4) is 0 Å². The second-order valence-electron chi connectivity index (χ2n) is 3.09. The van der Waals surface area contributed by atoms with Crippen LogP contribution in [0.2, 0.25) is 0 Å². The molecule has 0 saturated heterocycles. The lowest BCUT2D eigenvalue weighted by atomic mass is 10.5. The van der Waals surface area contributed by atoms with Crippen molar-refractivity contribution in [2.75, 3.05) is 6.61 Å². The van der Waals surface area contributed by atoms with Gasteiger partial charge < -0.3 is 9.63 Å². The third kappa shape index (κ3) is 3.26. The molecular formula is C7H13N3O4S. The number of aromatic nitrogens is 2. The van der Waals surface area contributed by atoms with Gasteiger partial charge in [-0.05, 0) is 13.8 Å². The van der Waals surface area contributed by atoms with Crippen LogP contribution >= 0.6 is 0 Å². The summed E-state index contributed by atoms with van der Waals surface area (Å²) in [5.74, 6) is 0.639. The van der Waals surface area contributed by atoms with E-state index in [0.717, 1.165) is 0 Å². The van der Waals surface area contributed by atoms with Crippen LogP contribution in [-0.4, -0.2) is 35.5 Å². The lowest BCUT2D eigenvalue weighted by molar-refractivity contribution is 0.294. The summed E-state index contributed by atoms with van der Waals surface area (Å²) in [7, 11) is -3.53. The zero-order chi connectivity index (χ0) is 11.5. The summed E-state index contributed by atoms with van der Waals surface area (Å²) in [4.78, 5) is 3.83. The van der Waals surface area contributed by atoms with Crippen molar-refractivity contribution in [2.45, 2.75) is 25.6 Å². The van der Waals surface area contributed by atoms with Gasteiger partial charge in [-0.3, -0.25) is 0 Å². The normalized spacial score (nSPS) is 14.1. The number of hydrogen-bond acceptors (Lipinski definition) is 6. The SMILES string of the molecule is Cc1noc(CNS(=O)(=O)C(C)CO)n1. The van der Waals surface area contributed by atoms with Crippen LogP contribution in [0, 0.1) is 6.92 Å². The highest BCUT2D eigenvalue weighted by molar-refractivity contribution is 7.90. The Morgan fingerprint density at radius 2 is 2.27 bits per heavy atom. The number of aliphatic hydroxyl groups excluding tert-OH is 1. The van der Waals surface area contributed by atoms with Crippen molar-refractivity contribution in [3.63, 3.8) is 0 Å². The molecule has 0 bridgehead atoms. The Morgan fingerprint density at radius 3 is 2.73 bits per heavy atom. The van der Waals surface area contributed by atoms with Crippen molar-refractivity contribution in [3.05, 3.63) is 11.7 Å². The quantitative estimate of drug-likeness (QED) is 0.690. The van der Waals surface area contributed by atoms with Gasteiger partial charge in [0, 0.05) is 0 Å². The van der Waals surface area contributed by atoms with Crippen molar-refractivity contribution >= 4 is 10.0 Å². The number of rotatable bonds is 5. The van der Waals surface area contributed by atoms with Gasteiger partial charge in [-0.2, -0.15) is 4.98 Å². The molecule has 2 N–H and O–H groups in total. The summed E-state index contributed by atoms with van der Waals surface area (Å²) in [5.41, 5.74) is 0. The molecule has 0 amide bonds. The Bertz CT molecular complexity index is 414. The average Bonchev–Trinajstić information content (AvgIpc) is 2.60. The van der Waals surface area contributed by atoms with Gasteiger partial charge in [-0.15, -0.1) is 0 Å². The number of aryl methyl sites for hydroxylation is 1. The highest BCUT2D eigenvalue weighted by Gasteiger charge is 2.20. The first-order valence-corrected chi connectivity index (χ1v) is 5.89. The van der Waals surface area contributed by atoms with Crippen molar-refractivity contribution in [3.8, 4) is 0 Å². The van der Waals surface area contributed by atoms with Gasteiger partial charge in [0.25, 0.3) is 0 Å². The van der Waals surface area contributed by atoms with E-state index < -0.39 is 21.9 Å². The van der Waals surface area contributed by atoms with E-state index in [2.05, 4.69) is 14.9 Å². The Labute approximate surface area is 87.5 Å². The van der Waals surface area contributed by atoms with E-state index in [0.29, 0.717) is 5.82 Å². The Hall–Kier alpha value is -0.990. The predicted molar refractivity (Wildman–Crippen MR) is 51.3 cm³/mol. The third-order valence-electron chi connectivity index (χ3n) is 1.78. The van der Waals surface area contributed by atoms with E-state index in [1.54, 1.807) is 6.92 Å². The van der Waals surface area contributed by atoms with Crippen LogP contribution in [0.5, 0.6) is 0 Å². The molecule has 0 aliphatic rings. The fourth-order valence-electron chi connectivity index (χ4n) is 0.815. The van der Waals surface area contributed by atoms with Crippen LogP contribution < -0.4 is 4.72 Å². The molecule has 1 unspecified atom stereocenters. The minimum absolute atomic E-state index is 0.0620. The van der Waals surface area contributed by atoms with Gasteiger partial charge >= 0.3 is 0 Å². The van der Waals surface area contributed by atoms with Crippen LogP contribution in [0.1, 0.15) is 18.6 Å². The first kappa shape index (κ1) is 12.1. The van der Waals surface area contributed by atoms with Gasteiger partial charge in [0.15, 0.2) is 5.82 Å². The minimum atomic E-state index is -3.53. The molecule has 7 nitrogen and oxygen atoms in total. The first-order valence-electron chi connectivity index (χ1n) is 4.34. The molecule has 15 heavy (non-hydrogen) atoms. The third-order valence-corrected chi connectivity index (χ3v) is 3.54. The van der Waals surface area contributed by atoms with E-state index in [1.165, 1.54) is 6.92 Å². The van der Waals surface area contributed by atoms with E-state index in [1.807, 2.05) is 0 Å². The zero-order valence-electron chi connectivity index (χ0n) is 8.47. The summed E-state index contributed by atoms with van der Waals surface area (Å²) in [6.45, 7) is 2.55. The molecule has 1 heterocycles. The molecule has 8 heteroatoms. The molecule has 0 saturated carbocycles. The monoisotopic (exact) mass is 235 g/mol. The Morgan fingerprint density at radius 1 is 1.60 bits per heavy atom. The van der Waals surface area contributed by atoms with Crippen molar-refractivity contribution in [1.82, 2.24) is 14.9 Å². The maximum absolute atomic E-state index is 11.4. The van der Waals surface area contributed by atoms with Gasteiger partial charge in [-0.1, -0.05) is 5.16 Å². The summed E-state index contributed by atoms with van der Waals surface area (Å²) in [6.07, 6.45) is 0. The van der Waals surface area contributed by atoms with E-state index >= 15 is 0 Å². The van der Waals surface area contributed by atoms with Crippen LogP contribution in [-0.2, 0) is 16.6 Å². The second-order valence-corrected chi connectivity index (χ2v) is 5.28. The van der Waals surface area contributed by atoms with Gasteiger partial charge in [0.2, 0.25) is 15.9 Å². The lowest BCUT2D eigenvalue weighted by Gasteiger charge is -2.09. The van der Waals surface area contributed by atoms with Gasteiger partial charge in [-0.25, -0.2) is 13.1 Å². The van der Waals surface area contributed by atoms with E-state index in [-0.39, 0.29) is 12.4 Å². The zero-order valence-corrected chi connectivity index (χ0v) is 9.28. The van der Waals surface area contributed by atoms with Gasteiger partial charge in [0.1, 0.15) is 0 Å². The minimum Gasteiger partial charge on any atom is -0.395 e. The second kappa shape index (κ2) is 4.69. The Kier molecular flexibility index (Phi) is 3.77. The summed E-state index contributed by atoms with van der Waals surface area (Å²) < 4.78 is 29.7.